The third-order valence-electron chi connectivity index (χ3n) is 1.87. The Balaban J connectivity index is 2.86. The summed E-state index contributed by atoms with van der Waals surface area (Å²) in [5.41, 5.74) is 0. The van der Waals surface area contributed by atoms with Gasteiger partial charge in [-0.25, -0.2) is 0 Å². The van der Waals surface area contributed by atoms with Crippen LogP contribution in [0.5, 0.6) is 0 Å². The van der Waals surface area contributed by atoms with E-state index in [0.717, 1.165) is 24.3 Å². The van der Waals surface area contributed by atoms with Gasteiger partial charge in [-0.3, -0.25) is 0 Å². The second-order valence-corrected chi connectivity index (χ2v) is 4.76. The van der Waals surface area contributed by atoms with Gasteiger partial charge in [-0.1, -0.05) is 25.7 Å². The Labute approximate surface area is 95.1 Å². The lowest BCUT2D eigenvalue weighted by atomic mass is 10.1. The molecule has 0 saturated carbocycles. The highest BCUT2D eigenvalue weighted by atomic mass is 32.2. The van der Waals surface area contributed by atoms with Crippen molar-refractivity contribution in [2.75, 3.05) is 11.5 Å². The van der Waals surface area contributed by atoms with Crippen molar-refractivity contribution in [3.63, 3.8) is 0 Å². The van der Waals surface area contributed by atoms with Crippen molar-refractivity contribution in [2.24, 2.45) is 0 Å². The van der Waals surface area contributed by atoms with Crippen molar-refractivity contribution in [1.29, 1.82) is 10.5 Å². The molecule has 0 unspecified atom stereocenters. The SMILES string of the molecule is N#CSCCCCCCCCSC#N. The van der Waals surface area contributed by atoms with Gasteiger partial charge in [0.05, 0.1) is 0 Å². The van der Waals surface area contributed by atoms with Crippen LogP contribution in [0.25, 0.3) is 0 Å². The summed E-state index contributed by atoms with van der Waals surface area (Å²) in [4.78, 5) is 0. The minimum atomic E-state index is 0.973. The molecular formula is C10H16N2S2. The van der Waals surface area contributed by atoms with Crippen LogP contribution >= 0.6 is 23.5 Å². The monoisotopic (exact) mass is 228 g/mol. The minimum absolute atomic E-state index is 0.973. The van der Waals surface area contributed by atoms with E-state index >= 15 is 0 Å². The number of nitriles is 2. The van der Waals surface area contributed by atoms with Crippen LogP contribution in [0, 0.1) is 21.3 Å². The van der Waals surface area contributed by atoms with E-state index in [1.54, 1.807) is 0 Å². The fraction of sp³-hybridized carbons (Fsp3) is 0.800. The average Bonchev–Trinajstić information content (AvgIpc) is 2.21. The molecule has 2 nitrogen and oxygen atoms in total. The lowest BCUT2D eigenvalue weighted by Gasteiger charge is -1.98. The first-order chi connectivity index (χ1) is 6.91. The van der Waals surface area contributed by atoms with E-state index in [0.29, 0.717) is 0 Å². The molecule has 0 atom stereocenters. The van der Waals surface area contributed by atoms with E-state index < -0.39 is 0 Å². The summed E-state index contributed by atoms with van der Waals surface area (Å²) in [5, 5.41) is 20.7. The Hall–Kier alpha value is -0.320. The first kappa shape index (κ1) is 13.7. The van der Waals surface area contributed by atoms with Gasteiger partial charge in [-0.05, 0) is 36.4 Å². The Kier molecular flexibility index (Phi) is 12.4. The Morgan fingerprint density at radius 3 is 1.36 bits per heavy atom. The summed E-state index contributed by atoms with van der Waals surface area (Å²) in [5.74, 6) is 1.95. The molecule has 0 radical (unpaired) electrons. The van der Waals surface area contributed by atoms with Gasteiger partial charge >= 0.3 is 0 Å². The largest absolute Gasteiger partial charge is 0.185 e. The second kappa shape index (κ2) is 12.7. The van der Waals surface area contributed by atoms with Crippen molar-refractivity contribution in [1.82, 2.24) is 0 Å². The summed E-state index contributed by atoms with van der Waals surface area (Å²) in [6, 6.07) is 0. The minimum Gasteiger partial charge on any atom is -0.185 e. The summed E-state index contributed by atoms with van der Waals surface area (Å²) < 4.78 is 0. The van der Waals surface area contributed by atoms with Crippen molar-refractivity contribution >= 4 is 23.5 Å². The Bertz CT molecular complexity index is 171. The maximum absolute atomic E-state index is 8.27. The van der Waals surface area contributed by atoms with E-state index in [4.69, 9.17) is 10.5 Å². The zero-order valence-electron chi connectivity index (χ0n) is 8.37. The number of unbranched alkanes of at least 4 members (excludes halogenated alkanes) is 5. The molecule has 0 aliphatic heterocycles. The fourth-order valence-corrected chi connectivity index (χ4v) is 2.03. The average molecular weight is 228 g/mol. The molecule has 4 heteroatoms. The molecule has 0 aromatic carbocycles. The van der Waals surface area contributed by atoms with E-state index in [9.17, 15) is 0 Å². The summed E-state index contributed by atoms with van der Waals surface area (Å²) >= 11 is 2.70. The zero-order chi connectivity index (χ0) is 10.5. The third kappa shape index (κ3) is 11.7. The van der Waals surface area contributed by atoms with Gasteiger partial charge in [-0.15, -0.1) is 0 Å². The molecule has 0 fully saturated rings. The summed E-state index contributed by atoms with van der Waals surface area (Å²) in [6.07, 6.45) is 7.32. The van der Waals surface area contributed by atoms with Crippen molar-refractivity contribution in [2.45, 2.75) is 38.5 Å². The normalized spacial score (nSPS) is 9.29. The number of hydrogen-bond donors (Lipinski definition) is 0. The smallest absolute Gasteiger partial charge is 0.133 e. The van der Waals surface area contributed by atoms with Crippen LogP contribution in [0.1, 0.15) is 38.5 Å². The molecule has 78 valence electrons. The molecule has 0 aliphatic rings. The van der Waals surface area contributed by atoms with Gasteiger partial charge in [0.1, 0.15) is 10.8 Å². The van der Waals surface area contributed by atoms with Crippen LogP contribution in [0.2, 0.25) is 0 Å². The molecule has 0 aromatic heterocycles. The highest BCUT2D eigenvalue weighted by molar-refractivity contribution is 8.03. The van der Waals surface area contributed by atoms with Crippen LogP contribution in [-0.2, 0) is 0 Å². The Morgan fingerprint density at radius 1 is 0.643 bits per heavy atom. The van der Waals surface area contributed by atoms with Crippen LogP contribution < -0.4 is 0 Å². The van der Waals surface area contributed by atoms with Crippen LogP contribution in [0.15, 0.2) is 0 Å². The van der Waals surface area contributed by atoms with Gasteiger partial charge in [-0.2, -0.15) is 10.5 Å². The van der Waals surface area contributed by atoms with Crippen molar-refractivity contribution in [3.8, 4) is 10.8 Å². The van der Waals surface area contributed by atoms with Crippen molar-refractivity contribution < 1.29 is 0 Å². The summed E-state index contributed by atoms with van der Waals surface area (Å²) in [7, 11) is 0. The molecule has 0 bridgehead atoms. The quantitative estimate of drug-likeness (QED) is 0.445. The van der Waals surface area contributed by atoms with E-state index in [1.165, 1.54) is 49.2 Å². The van der Waals surface area contributed by atoms with E-state index in [2.05, 4.69) is 10.8 Å². The number of nitrogens with zero attached hydrogens (tertiary/aromatic N) is 2. The first-order valence-electron chi connectivity index (χ1n) is 4.93. The second-order valence-electron chi connectivity index (χ2n) is 3.00. The Morgan fingerprint density at radius 2 is 1.00 bits per heavy atom. The molecular weight excluding hydrogens is 212 g/mol. The molecule has 0 N–H and O–H groups in total. The number of thiocyanates is 2. The fourth-order valence-electron chi connectivity index (χ4n) is 1.15. The van der Waals surface area contributed by atoms with Crippen LogP contribution in [0.3, 0.4) is 0 Å². The van der Waals surface area contributed by atoms with Gasteiger partial charge in [0.15, 0.2) is 0 Å². The molecule has 0 aliphatic carbocycles. The van der Waals surface area contributed by atoms with Gasteiger partial charge in [0, 0.05) is 11.5 Å². The van der Waals surface area contributed by atoms with E-state index in [1.807, 2.05) is 0 Å². The number of thioether (sulfide) groups is 2. The molecule has 0 heterocycles. The molecule has 0 rings (SSSR count). The standard InChI is InChI=1S/C10H16N2S2/c11-9-13-7-5-3-1-2-4-6-8-14-10-12/h1-8H2. The van der Waals surface area contributed by atoms with Gasteiger partial charge < -0.3 is 0 Å². The predicted molar refractivity (Wildman–Crippen MR) is 63.8 cm³/mol. The molecule has 0 spiro atoms. The lowest BCUT2D eigenvalue weighted by Crippen LogP contribution is -1.83. The van der Waals surface area contributed by atoms with Crippen LogP contribution in [-0.4, -0.2) is 11.5 Å². The molecule has 0 saturated heterocycles. The van der Waals surface area contributed by atoms with Crippen LogP contribution in [0.4, 0.5) is 0 Å². The zero-order valence-corrected chi connectivity index (χ0v) is 10.0. The lowest BCUT2D eigenvalue weighted by molar-refractivity contribution is 0.629. The topological polar surface area (TPSA) is 47.6 Å². The highest BCUT2D eigenvalue weighted by Gasteiger charge is 1.92. The number of hydrogen-bond acceptors (Lipinski definition) is 4. The number of rotatable bonds is 9. The molecule has 14 heavy (non-hydrogen) atoms. The third-order valence-corrected chi connectivity index (χ3v) is 3.12. The molecule has 0 amide bonds. The van der Waals surface area contributed by atoms with Crippen molar-refractivity contribution in [3.05, 3.63) is 0 Å². The highest BCUT2D eigenvalue weighted by Crippen LogP contribution is 2.10. The maximum atomic E-state index is 8.27. The van der Waals surface area contributed by atoms with E-state index in [-0.39, 0.29) is 0 Å². The maximum Gasteiger partial charge on any atom is 0.133 e. The van der Waals surface area contributed by atoms with Gasteiger partial charge in [0.2, 0.25) is 0 Å². The predicted octanol–water partition coefficient (Wildman–Crippen LogP) is 3.76. The molecule has 0 aromatic rings. The summed E-state index contributed by atoms with van der Waals surface area (Å²) in [6.45, 7) is 0. The van der Waals surface area contributed by atoms with Gasteiger partial charge in [0.25, 0.3) is 0 Å². The first-order valence-corrected chi connectivity index (χ1v) is 6.90.